The van der Waals surface area contributed by atoms with E-state index in [1.54, 1.807) is 12.1 Å². The lowest BCUT2D eigenvalue weighted by Crippen LogP contribution is -2.31. The van der Waals surface area contributed by atoms with Crippen LogP contribution in [0.2, 0.25) is 0 Å². The molecule has 21 heavy (non-hydrogen) atoms. The van der Waals surface area contributed by atoms with Crippen molar-refractivity contribution in [2.45, 2.75) is 39.0 Å². The van der Waals surface area contributed by atoms with Gasteiger partial charge < -0.3 is 11.1 Å². The maximum Gasteiger partial charge on any atom is 0.251 e. The van der Waals surface area contributed by atoms with E-state index in [0.29, 0.717) is 16.5 Å². The average molecular weight is 304 g/mol. The molecule has 0 atom stereocenters. The molecule has 1 aliphatic carbocycles. The van der Waals surface area contributed by atoms with E-state index in [-0.39, 0.29) is 5.91 Å². The number of hydrogen-bond acceptors (Lipinski definition) is 2. The molecule has 0 bridgehead atoms. The molecule has 114 valence electrons. The van der Waals surface area contributed by atoms with Crippen LogP contribution in [0.25, 0.3) is 0 Å². The first-order valence-electron chi connectivity index (χ1n) is 7.78. The second-order valence-electron chi connectivity index (χ2n) is 5.95. The van der Waals surface area contributed by atoms with Crippen molar-refractivity contribution >= 4 is 23.1 Å². The van der Waals surface area contributed by atoms with Crippen molar-refractivity contribution in [2.24, 2.45) is 17.6 Å². The maximum atomic E-state index is 12.2. The van der Waals surface area contributed by atoms with Crippen LogP contribution in [-0.2, 0) is 0 Å². The minimum absolute atomic E-state index is 0.0364. The fourth-order valence-electron chi connectivity index (χ4n) is 3.00. The Morgan fingerprint density at radius 1 is 1.24 bits per heavy atom. The molecule has 0 unspecified atom stereocenters. The summed E-state index contributed by atoms with van der Waals surface area (Å²) in [5.74, 6) is 1.47. The van der Waals surface area contributed by atoms with Gasteiger partial charge in [0.1, 0.15) is 4.99 Å². The Hall–Kier alpha value is -1.42. The summed E-state index contributed by atoms with van der Waals surface area (Å²) in [4.78, 5) is 12.5. The van der Waals surface area contributed by atoms with Crippen molar-refractivity contribution in [1.29, 1.82) is 0 Å². The van der Waals surface area contributed by atoms with Crippen molar-refractivity contribution < 1.29 is 4.79 Å². The van der Waals surface area contributed by atoms with E-state index in [4.69, 9.17) is 18.0 Å². The molecule has 2 rings (SSSR count). The summed E-state index contributed by atoms with van der Waals surface area (Å²) < 4.78 is 0. The Kier molecular flexibility index (Phi) is 5.74. The molecule has 0 heterocycles. The van der Waals surface area contributed by atoms with Gasteiger partial charge in [0.2, 0.25) is 0 Å². The normalized spacial score (nSPS) is 21.8. The molecule has 0 spiro atoms. The summed E-state index contributed by atoms with van der Waals surface area (Å²) in [6.45, 7) is 3.04. The van der Waals surface area contributed by atoms with Gasteiger partial charge in [0, 0.05) is 17.7 Å². The zero-order valence-corrected chi connectivity index (χ0v) is 13.4. The SMILES string of the molecule is CCC1CCC(CNC(=O)c2cccc(C(N)=S)c2)CC1. The molecular weight excluding hydrogens is 280 g/mol. The lowest BCUT2D eigenvalue weighted by atomic mass is 9.81. The predicted molar refractivity (Wildman–Crippen MR) is 90.4 cm³/mol. The van der Waals surface area contributed by atoms with Crippen LogP contribution < -0.4 is 11.1 Å². The molecule has 1 amide bonds. The number of nitrogens with one attached hydrogen (secondary N) is 1. The molecule has 1 fully saturated rings. The van der Waals surface area contributed by atoms with Gasteiger partial charge in [-0.25, -0.2) is 0 Å². The molecule has 1 aromatic carbocycles. The van der Waals surface area contributed by atoms with Gasteiger partial charge in [-0.1, -0.05) is 50.5 Å². The van der Waals surface area contributed by atoms with Crippen molar-refractivity contribution in [3.63, 3.8) is 0 Å². The Balaban J connectivity index is 1.85. The Morgan fingerprint density at radius 3 is 2.48 bits per heavy atom. The minimum Gasteiger partial charge on any atom is -0.389 e. The highest BCUT2D eigenvalue weighted by atomic mass is 32.1. The molecular formula is C17H24N2OS. The first-order chi connectivity index (χ1) is 10.1. The lowest BCUT2D eigenvalue weighted by Gasteiger charge is -2.27. The van der Waals surface area contributed by atoms with E-state index >= 15 is 0 Å². The Labute approximate surface area is 132 Å². The van der Waals surface area contributed by atoms with Crippen molar-refractivity contribution in [1.82, 2.24) is 5.32 Å². The van der Waals surface area contributed by atoms with Crippen LogP contribution in [0, 0.1) is 11.8 Å². The predicted octanol–water partition coefficient (Wildman–Crippen LogP) is 3.27. The van der Waals surface area contributed by atoms with Gasteiger partial charge in [0.15, 0.2) is 0 Å². The van der Waals surface area contributed by atoms with E-state index in [2.05, 4.69) is 12.2 Å². The topological polar surface area (TPSA) is 55.1 Å². The van der Waals surface area contributed by atoms with E-state index in [1.165, 1.54) is 32.1 Å². The number of hydrogen-bond donors (Lipinski definition) is 2. The Bertz CT molecular complexity index is 507. The van der Waals surface area contributed by atoms with Crippen LogP contribution in [-0.4, -0.2) is 17.4 Å². The second-order valence-corrected chi connectivity index (χ2v) is 6.39. The Morgan fingerprint density at radius 2 is 1.86 bits per heavy atom. The first kappa shape index (κ1) is 16.0. The molecule has 0 aromatic heterocycles. The zero-order valence-electron chi connectivity index (χ0n) is 12.6. The molecule has 0 saturated heterocycles. The van der Waals surface area contributed by atoms with Gasteiger partial charge in [-0.15, -0.1) is 0 Å². The van der Waals surface area contributed by atoms with E-state index in [0.717, 1.165) is 18.0 Å². The minimum atomic E-state index is -0.0364. The van der Waals surface area contributed by atoms with E-state index in [9.17, 15) is 4.79 Å². The third-order valence-corrected chi connectivity index (χ3v) is 4.74. The molecule has 1 saturated carbocycles. The van der Waals surface area contributed by atoms with E-state index < -0.39 is 0 Å². The number of nitrogens with two attached hydrogens (primary N) is 1. The number of amides is 1. The molecule has 3 N–H and O–H groups in total. The molecule has 1 aliphatic rings. The summed E-state index contributed by atoms with van der Waals surface area (Å²) in [6, 6.07) is 7.19. The highest BCUT2D eigenvalue weighted by Crippen LogP contribution is 2.30. The summed E-state index contributed by atoms with van der Waals surface area (Å²) in [7, 11) is 0. The van der Waals surface area contributed by atoms with Crippen LogP contribution in [0.5, 0.6) is 0 Å². The standard InChI is InChI=1S/C17H24N2OS/c1-2-12-6-8-13(9-7-12)11-19-17(20)15-5-3-4-14(10-15)16(18)21/h3-5,10,12-13H,2,6-9,11H2,1H3,(H2,18,21)(H,19,20). The summed E-state index contributed by atoms with van der Waals surface area (Å²) in [5, 5.41) is 3.04. The molecule has 0 aliphatic heterocycles. The fourth-order valence-corrected chi connectivity index (χ4v) is 3.12. The van der Waals surface area contributed by atoms with Crippen LogP contribution in [0.3, 0.4) is 0 Å². The smallest absolute Gasteiger partial charge is 0.251 e. The van der Waals surface area contributed by atoms with Crippen LogP contribution in [0.15, 0.2) is 24.3 Å². The van der Waals surface area contributed by atoms with Gasteiger partial charge in [-0.2, -0.15) is 0 Å². The molecule has 3 nitrogen and oxygen atoms in total. The third-order valence-electron chi connectivity index (χ3n) is 4.50. The summed E-state index contributed by atoms with van der Waals surface area (Å²) in [5.41, 5.74) is 6.96. The number of thiocarbonyl (C=S) groups is 1. The van der Waals surface area contributed by atoms with Crippen LogP contribution in [0.4, 0.5) is 0 Å². The van der Waals surface area contributed by atoms with Gasteiger partial charge >= 0.3 is 0 Å². The van der Waals surface area contributed by atoms with Crippen molar-refractivity contribution in [2.75, 3.05) is 6.54 Å². The largest absolute Gasteiger partial charge is 0.389 e. The summed E-state index contributed by atoms with van der Waals surface area (Å²) in [6.07, 6.45) is 6.34. The van der Waals surface area contributed by atoms with Gasteiger partial charge in [-0.05, 0) is 36.8 Å². The first-order valence-corrected chi connectivity index (χ1v) is 8.19. The van der Waals surface area contributed by atoms with Crippen LogP contribution in [0.1, 0.15) is 54.9 Å². The van der Waals surface area contributed by atoms with Crippen LogP contribution >= 0.6 is 12.2 Å². The highest BCUT2D eigenvalue weighted by molar-refractivity contribution is 7.80. The fraction of sp³-hybridized carbons (Fsp3) is 0.529. The average Bonchev–Trinajstić information content (AvgIpc) is 2.53. The monoisotopic (exact) mass is 304 g/mol. The van der Waals surface area contributed by atoms with Crippen molar-refractivity contribution in [3.8, 4) is 0 Å². The van der Waals surface area contributed by atoms with Gasteiger partial charge in [0.25, 0.3) is 5.91 Å². The number of benzene rings is 1. The van der Waals surface area contributed by atoms with E-state index in [1.807, 2.05) is 12.1 Å². The van der Waals surface area contributed by atoms with Gasteiger partial charge in [-0.3, -0.25) is 4.79 Å². The van der Waals surface area contributed by atoms with Crippen molar-refractivity contribution in [3.05, 3.63) is 35.4 Å². The lowest BCUT2D eigenvalue weighted by molar-refractivity contribution is 0.0941. The number of carbonyl (C=O) groups excluding carboxylic acids is 1. The molecule has 4 heteroatoms. The summed E-state index contributed by atoms with van der Waals surface area (Å²) >= 11 is 4.94. The maximum absolute atomic E-state index is 12.2. The third kappa shape index (κ3) is 4.53. The number of rotatable bonds is 5. The molecule has 0 radical (unpaired) electrons. The number of carbonyl (C=O) groups is 1. The highest BCUT2D eigenvalue weighted by Gasteiger charge is 2.20. The quantitative estimate of drug-likeness (QED) is 0.821. The zero-order chi connectivity index (χ0) is 15.2. The second kappa shape index (κ2) is 7.55. The van der Waals surface area contributed by atoms with Gasteiger partial charge in [0.05, 0.1) is 0 Å². The molecule has 1 aromatic rings.